The molecule has 3 rings (SSSR count). The number of ketones is 1. The zero-order valence-electron chi connectivity index (χ0n) is 10.8. The summed E-state index contributed by atoms with van der Waals surface area (Å²) >= 11 is 0. The van der Waals surface area contributed by atoms with E-state index in [4.69, 9.17) is 4.42 Å². The van der Waals surface area contributed by atoms with E-state index in [2.05, 4.69) is 4.98 Å². The zero-order chi connectivity index (χ0) is 14.3. The molecule has 1 heterocycles. The van der Waals surface area contributed by atoms with Crippen molar-refractivity contribution in [2.75, 3.05) is 0 Å². The van der Waals surface area contributed by atoms with Gasteiger partial charge in [0.05, 0.1) is 4.92 Å². The Labute approximate surface area is 114 Å². The Morgan fingerprint density at radius 2 is 2.10 bits per heavy atom. The van der Waals surface area contributed by atoms with Gasteiger partial charge < -0.3 is 4.42 Å². The lowest BCUT2D eigenvalue weighted by atomic mass is 9.91. The van der Waals surface area contributed by atoms with Crippen molar-refractivity contribution < 1.29 is 14.1 Å². The molecule has 0 amide bonds. The van der Waals surface area contributed by atoms with Gasteiger partial charge in [0, 0.05) is 18.9 Å². The number of hydrogen-bond donors (Lipinski definition) is 0. The van der Waals surface area contributed by atoms with Crippen LogP contribution < -0.4 is 0 Å². The molecule has 0 bridgehead atoms. The van der Waals surface area contributed by atoms with Crippen molar-refractivity contribution >= 4 is 11.5 Å². The molecule has 0 aliphatic heterocycles. The van der Waals surface area contributed by atoms with E-state index in [-0.39, 0.29) is 23.3 Å². The number of oxazole rings is 1. The van der Waals surface area contributed by atoms with Gasteiger partial charge in [-0.2, -0.15) is 0 Å². The lowest BCUT2D eigenvalue weighted by molar-refractivity contribution is -0.384. The second-order valence-electron chi connectivity index (χ2n) is 5.00. The number of para-hydroxylation sites is 1. The number of rotatable bonds is 2. The summed E-state index contributed by atoms with van der Waals surface area (Å²) in [6, 6.07) is 6.22. The van der Waals surface area contributed by atoms with Crippen molar-refractivity contribution in [2.24, 2.45) is 5.92 Å². The summed E-state index contributed by atoms with van der Waals surface area (Å²) in [5, 5.41) is 11.0. The number of nitro groups is 1. The van der Waals surface area contributed by atoms with Crippen LogP contribution in [0.15, 0.2) is 28.7 Å². The van der Waals surface area contributed by atoms with E-state index in [9.17, 15) is 14.9 Å². The molecular formula is C14H12N2O4. The molecule has 0 N–H and O–H groups in total. The minimum atomic E-state index is -0.483. The van der Waals surface area contributed by atoms with E-state index in [1.54, 1.807) is 18.2 Å². The fourth-order valence-corrected chi connectivity index (χ4v) is 2.44. The summed E-state index contributed by atoms with van der Waals surface area (Å²) in [4.78, 5) is 26.6. The summed E-state index contributed by atoms with van der Waals surface area (Å²) in [5.41, 5.74) is 0.537. The van der Waals surface area contributed by atoms with Crippen LogP contribution >= 0.6 is 0 Å². The van der Waals surface area contributed by atoms with Crippen LogP contribution in [0.1, 0.15) is 29.6 Å². The van der Waals surface area contributed by atoms with Gasteiger partial charge in [0.1, 0.15) is 17.0 Å². The summed E-state index contributed by atoms with van der Waals surface area (Å²) in [7, 11) is 0. The number of nitrogens with zero attached hydrogens (tertiary/aromatic N) is 2. The van der Waals surface area contributed by atoms with E-state index in [1.165, 1.54) is 6.07 Å². The maximum atomic E-state index is 11.9. The minimum absolute atomic E-state index is 0.0627. The average molecular weight is 272 g/mol. The van der Waals surface area contributed by atoms with Crippen LogP contribution in [0.3, 0.4) is 0 Å². The van der Waals surface area contributed by atoms with Crippen LogP contribution in [0.4, 0.5) is 5.69 Å². The third kappa shape index (κ3) is 1.99. The van der Waals surface area contributed by atoms with Gasteiger partial charge in [-0.3, -0.25) is 14.9 Å². The second-order valence-corrected chi connectivity index (χ2v) is 5.00. The number of hydrogen-bond acceptors (Lipinski definition) is 5. The molecule has 1 aliphatic rings. The molecule has 1 atom stereocenters. The van der Waals surface area contributed by atoms with Crippen LogP contribution in [0.2, 0.25) is 0 Å². The summed E-state index contributed by atoms with van der Waals surface area (Å²) in [6.45, 7) is 1.97. The van der Waals surface area contributed by atoms with Gasteiger partial charge in [-0.05, 0) is 12.0 Å². The highest BCUT2D eigenvalue weighted by Gasteiger charge is 2.30. The number of fused-ring (bicyclic) bond motifs is 1. The first kappa shape index (κ1) is 12.5. The van der Waals surface area contributed by atoms with Crippen LogP contribution in [0.5, 0.6) is 0 Å². The Morgan fingerprint density at radius 3 is 2.85 bits per heavy atom. The van der Waals surface area contributed by atoms with Crippen molar-refractivity contribution in [1.29, 1.82) is 0 Å². The fraction of sp³-hybridized carbons (Fsp3) is 0.286. The number of nitro benzene ring substituents is 1. The molecule has 0 radical (unpaired) electrons. The van der Waals surface area contributed by atoms with Gasteiger partial charge in [-0.15, -0.1) is 0 Å². The highest BCUT2D eigenvalue weighted by molar-refractivity contribution is 5.96. The predicted molar refractivity (Wildman–Crippen MR) is 70.4 cm³/mol. The Morgan fingerprint density at radius 1 is 1.35 bits per heavy atom. The third-order valence-corrected chi connectivity index (χ3v) is 3.36. The quantitative estimate of drug-likeness (QED) is 0.619. The lowest BCUT2D eigenvalue weighted by Crippen LogP contribution is -2.16. The Bertz CT molecular complexity index is 705. The molecule has 0 saturated carbocycles. The highest BCUT2D eigenvalue weighted by Crippen LogP contribution is 2.33. The van der Waals surface area contributed by atoms with E-state index in [0.29, 0.717) is 29.9 Å². The highest BCUT2D eigenvalue weighted by atomic mass is 16.6. The average Bonchev–Trinajstić information content (AvgIpc) is 2.82. The van der Waals surface area contributed by atoms with Crippen LogP contribution in [-0.2, 0) is 6.42 Å². The van der Waals surface area contributed by atoms with E-state index < -0.39 is 4.92 Å². The zero-order valence-corrected chi connectivity index (χ0v) is 10.8. The smallest absolute Gasteiger partial charge is 0.282 e. The number of Topliss-reactive ketones (excluding diaryl/α,β-unsaturated/α-hetero) is 1. The fourth-order valence-electron chi connectivity index (χ4n) is 2.44. The van der Waals surface area contributed by atoms with Crippen molar-refractivity contribution in [3.05, 3.63) is 45.8 Å². The largest absolute Gasteiger partial charge is 0.440 e. The van der Waals surface area contributed by atoms with E-state index in [1.807, 2.05) is 6.92 Å². The Kier molecular flexibility index (Phi) is 2.85. The van der Waals surface area contributed by atoms with Gasteiger partial charge in [0.2, 0.25) is 5.89 Å². The number of carbonyl (C=O) groups is 1. The first-order valence-electron chi connectivity index (χ1n) is 6.33. The molecule has 1 aromatic carbocycles. The predicted octanol–water partition coefficient (Wildman–Crippen LogP) is 3.01. The van der Waals surface area contributed by atoms with Gasteiger partial charge in [0.15, 0.2) is 5.78 Å². The molecule has 1 aliphatic carbocycles. The lowest BCUT2D eigenvalue weighted by Gasteiger charge is -2.13. The SMILES string of the molecule is CC1CC(=O)c2nc(-c3ccccc3[N+](=O)[O-])oc2C1. The first-order valence-corrected chi connectivity index (χ1v) is 6.33. The molecule has 6 heteroatoms. The molecule has 102 valence electrons. The normalized spacial score (nSPS) is 17.9. The number of benzene rings is 1. The standard InChI is InChI=1S/C14H12N2O4/c1-8-6-11(17)13-12(7-8)20-14(15-13)9-4-2-3-5-10(9)16(18)19/h2-5,8H,6-7H2,1H3. The molecule has 6 nitrogen and oxygen atoms in total. The molecule has 0 saturated heterocycles. The number of carbonyl (C=O) groups excluding carboxylic acids is 1. The maximum absolute atomic E-state index is 11.9. The summed E-state index contributed by atoms with van der Waals surface area (Å²) in [6.07, 6.45) is 1.07. The second kappa shape index (κ2) is 4.56. The van der Waals surface area contributed by atoms with Crippen molar-refractivity contribution in [3.8, 4) is 11.5 Å². The van der Waals surface area contributed by atoms with Gasteiger partial charge >= 0.3 is 0 Å². The molecule has 2 aromatic rings. The van der Waals surface area contributed by atoms with Crippen LogP contribution in [0.25, 0.3) is 11.5 Å². The molecular weight excluding hydrogens is 260 g/mol. The van der Waals surface area contributed by atoms with Crippen molar-refractivity contribution in [1.82, 2.24) is 4.98 Å². The summed E-state index contributed by atoms with van der Waals surface area (Å²) in [5.74, 6) is 0.820. The van der Waals surface area contributed by atoms with Crippen LogP contribution in [-0.4, -0.2) is 15.7 Å². The van der Waals surface area contributed by atoms with Gasteiger partial charge in [0.25, 0.3) is 5.69 Å². The van der Waals surface area contributed by atoms with E-state index in [0.717, 1.165) is 0 Å². The number of aromatic nitrogens is 1. The van der Waals surface area contributed by atoms with Crippen molar-refractivity contribution in [2.45, 2.75) is 19.8 Å². The monoisotopic (exact) mass is 272 g/mol. The van der Waals surface area contributed by atoms with Crippen molar-refractivity contribution in [3.63, 3.8) is 0 Å². The Balaban J connectivity index is 2.11. The first-order chi connectivity index (χ1) is 9.56. The topological polar surface area (TPSA) is 86.2 Å². The van der Waals surface area contributed by atoms with Crippen LogP contribution in [0, 0.1) is 16.0 Å². The molecule has 1 unspecified atom stereocenters. The minimum Gasteiger partial charge on any atom is -0.440 e. The molecule has 20 heavy (non-hydrogen) atoms. The third-order valence-electron chi connectivity index (χ3n) is 3.36. The summed E-state index contributed by atoms with van der Waals surface area (Å²) < 4.78 is 5.59. The molecule has 0 fully saturated rings. The van der Waals surface area contributed by atoms with Gasteiger partial charge in [-0.1, -0.05) is 19.1 Å². The molecule has 0 spiro atoms. The Hall–Kier alpha value is -2.50. The maximum Gasteiger partial charge on any atom is 0.282 e. The molecule has 1 aromatic heterocycles. The van der Waals surface area contributed by atoms with E-state index >= 15 is 0 Å². The van der Waals surface area contributed by atoms with Gasteiger partial charge in [-0.25, -0.2) is 4.98 Å².